The van der Waals surface area contributed by atoms with Crippen molar-refractivity contribution in [2.24, 2.45) is 5.92 Å². The van der Waals surface area contributed by atoms with Gasteiger partial charge in [0.1, 0.15) is 0 Å². The Morgan fingerprint density at radius 1 is 1.03 bits per heavy atom. The summed E-state index contributed by atoms with van der Waals surface area (Å²) >= 11 is 6.05. The Morgan fingerprint density at radius 2 is 1.62 bits per heavy atom. The van der Waals surface area contributed by atoms with E-state index in [4.69, 9.17) is 26.6 Å². The van der Waals surface area contributed by atoms with Gasteiger partial charge in [0.25, 0.3) is 11.8 Å². The highest BCUT2D eigenvalue weighted by molar-refractivity contribution is 6.33. The zero-order valence-corrected chi connectivity index (χ0v) is 20.8. The summed E-state index contributed by atoms with van der Waals surface area (Å²) in [4.78, 5) is 26.6. The zero-order valence-electron chi connectivity index (χ0n) is 20.0. The Bertz CT molecular complexity index is 938. The molecule has 1 aliphatic rings. The van der Waals surface area contributed by atoms with Gasteiger partial charge in [0.05, 0.1) is 23.3 Å². The van der Waals surface area contributed by atoms with E-state index in [2.05, 4.69) is 10.6 Å². The highest BCUT2D eigenvalue weighted by atomic mass is 35.5. The van der Waals surface area contributed by atoms with Gasteiger partial charge in [-0.15, -0.1) is 0 Å². The number of nitrogens with one attached hydrogen (secondary N) is 2. The minimum atomic E-state index is -1.50. The van der Waals surface area contributed by atoms with E-state index in [0.717, 1.165) is 12.1 Å². The number of anilines is 1. The maximum Gasteiger partial charge on any atom is 0.252 e. The number of hydrogen-bond acceptors (Lipinski definition) is 6. The lowest BCUT2D eigenvalue weighted by molar-refractivity contribution is -0.127. The third-order valence-corrected chi connectivity index (χ3v) is 5.30. The van der Waals surface area contributed by atoms with Crippen molar-refractivity contribution < 1.29 is 24.5 Å². The van der Waals surface area contributed by atoms with Gasteiger partial charge in [-0.1, -0.05) is 23.7 Å². The first-order chi connectivity index (χ1) is 15.9. The highest BCUT2D eigenvalue weighted by Crippen LogP contribution is 2.20. The molecule has 0 radical (unpaired) electrons. The first-order valence-electron chi connectivity index (χ1n) is 11.1. The molecule has 8 nitrogen and oxygen atoms in total. The number of amides is 2. The Morgan fingerprint density at radius 3 is 2.21 bits per heavy atom. The first kappa shape index (κ1) is 27.6. The minimum absolute atomic E-state index is 0.0669. The van der Waals surface area contributed by atoms with Gasteiger partial charge in [-0.05, 0) is 56.7 Å². The summed E-state index contributed by atoms with van der Waals surface area (Å²) in [5, 5.41) is 22.4. The molecular weight excluding hydrogens is 458 g/mol. The second-order valence-corrected chi connectivity index (χ2v) is 9.30. The molecule has 2 aromatic rings. The standard InChI is InChI=1S/C22H26ClN3O3.C3H8O2/c1-26(2)17-9-7-16(8-10-17)21(27)24-12-15-11-18(29-14-15)13-25-22(28)19-5-3-4-6-20(19)23;1-3(2,4)5/h3-10,15,18H,11-14H2,1-2H3,(H,24,27)(H,25,28);4-5H,1-2H3. The molecule has 1 fully saturated rings. The molecule has 2 amide bonds. The number of carbonyl (C=O) groups is 2. The lowest BCUT2D eigenvalue weighted by atomic mass is 10.1. The lowest BCUT2D eigenvalue weighted by Crippen LogP contribution is -2.32. The molecule has 1 heterocycles. The van der Waals surface area contributed by atoms with Gasteiger partial charge in [0, 0.05) is 44.4 Å². The van der Waals surface area contributed by atoms with Crippen molar-refractivity contribution in [3.05, 3.63) is 64.7 Å². The van der Waals surface area contributed by atoms with Crippen LogP contribution >= 0.6 is 11.6 Å². The van der Waals surface area contributed by atoms with Crippen LogP contribution in [0.1, 0.15) is 41.0 Å². The molecule has 1 aliphatic heterocycles. The van der Waals surface area contributed by atoms with Crippen molar-refractivity contribution in [2.45, 2.75) is 32.2 Å². The molecule has 0 aromatic heterocycles. The van der Waals surface area contributed by atoms with E-state index in [1.165, 1.54) is 13.8 Å². The number of nitrogens with zero attached hydrogens (tertiary/aromatic N) is 1. The fourth-order valence-electron chi connectivity index (χ4n) is 3.26. The van der Waals surface area contributed by atoms with Gasteiger partial charge in [0.2, 0.25) is 0 Å². The van der Waals surface area contributed by atoms with E-state index in [1.54, 1.807) is 24.3 Å². The van der Waals surface area contributed by atoms with Crippen molar-refractivity contribution in [2.75, 3.05) is 38.7 Å². The summed E-state index contributed by atoms with van der Waals surface area (Å²) in [5.74, 6) is -1.58. The van der Waals surface area contributed by atoms with Crippen LogP contribution in [0.25, 0.3) is 0 Å². The van der Waals surface area contributed by atoms with E-state index in [1.807, 2.05) is 43.3 Å². The molecule has 9 heteroatoms. The van der Waals surface area contributed by atoms with Crippen molar-refractivity contribution in [1.29, 1.82) is 0 Å². The Balaban J connectivity index is 0.000000739. The SMILES string of the molecule is CC(C)(O)O.CN(C)c1ccc(C(=O)NCC2COC(CNC(=O)c3ccccc3Cl)C2)cc1. The fraction of sp³-hybridized carbons (Fsp3) is 0.440. The van der Waals surface area contributed by atoms with Gasteiger partial charge >= 0.3 is 0 Å². The molecule has 2 atom stereocenters. The summed E-state index contributed by atoms with van der Waals surface area (Å²) in [5.41, 5.74) is 2.14. The highest BCUT2D eigenvalue weighted by Gasteiger charge is 2.26. The number of aliphatic hydroxyl groups is 2. The van der Waals surface area contributed by atoms with Crippen molar-refractivity contribution in [3.63, 3.8) is 0 Å². The summed E-state index contributed by atoms with van der Waals surface area (Å²) in [6, 6.07) is 14.4. The molecule has 34 heavy (non-hydrogen) atoms. The topological polar surface area (TPSA) is 111 Å². The van der Waals surface area contributed by atoms with E-state index in [9.17, 15) is 9.59 Å². The predicted octanol–water partition coefficient (Wildman–Crippen LogP) is 2.68. The van der Waals surface area contributed by atoms with Crippen molar-refractivity contribution >= 4 is 29.1 Å². The van der Waals surface area contributed by atoms with Crippen LogP contribution in [0.15, 0.2) is 48.5 Å². The van der Waals surface area contributed by atoms with Crippen LogP contribution in [0, 0.1) is 5.92 Å². The molecule has 0 aliphatic carbocycles. The van der Waals surface area contributed by atoms with Crippen LogP contribution < -0.4 is 15.5 Å². The molecule has 186 valence electrons. The predicted molar refractivity (Wildman–Crippen MR) is 133 cm³/mol. The van der Waals surface area contributed by atoms with E-state index in [0.29, 0.717) is 35.8 Å². The van der Waals surface area contributed by atoms with Gasteiger partial charge in [-0.2, -0.15) is 0 Å². The van der Waals surface area contributed by atoms with E-state index in [-0.39, 0.29) is 23.8 Å². The van der Waals surface area contributed by atoms with Crippen LogP contribution in [0.2, 0.25) is 5.02 Å². The molecule has 0 saturated carbocycles. The third kappa shape index (κ3) is 9.69. The number of hydrogen-bond donors (Lipinski definition) is 4. The monoisotopic (exact) mass is 491 g/mol. The first-order valence-corrected chi connectivity index (χ1v) is 11.5. The smallest absolute Gasteiger partial charge is 0.252 e. The maximum atomic E-state index is 12.3. The Labute approximate surface area is 205 Å². The third-order valence-electron chi connectivity index (χ3n) is 4.97. The lowest BCUT2D eigenvalue weighted by Gasteiger charge is -2.14. The number of ether oxygens (including phenoxy) is 1. The summed E-state index contributed by atoms with van der Waals surface area (Å²) < 4.78 is 5.76. The largest absolute Gasteiger partial charge is 0.378 e. The number of carbonyl (C=O) groups excluding carboxylic acids is 2. The molecule has 1 saturated heterocycles. The van der Waals surface area contributed by atoms with Crippen LogP contribution in [0.5, 0.6) is 0 Å². The van der Waals surface area contributed by atoms with Gasteiger partial charge < -0.3 is 30.5 Å². The van der Waals surface area contributed by atoms with E-state index >= 15 is 0 Å². The van der Waals surface area contributed by atoms with Crippen molar-refractivity contribution in [1.82, 2.24) is 10.6 Å². The fourth-order valence-corrected chi connectivity index (χ4v) is 3.48. The van der Waals surface area contributed by atoms with Crippen molar-refractivity contribution in [3.8, 4) is 0 Å². The minimum Gasteiger partial charge on any atom is -0.378 e. The quantitative estimate of drug-likeness (QED) is 0.443. The second kappa shape index (κ2) is 12.7. The number of halogens is 1. The van der Waals surface area contributed by atoms with Crippen LogP contribution in [-0.4, -0.2) is 67.7 Å². The molecule has 2 aromatic carbocycles. The normalized spacial score (nSPS) is 17.4. The molecule has 3 rings (SSSR count). The maximum absolute atomic E-state index is 12.3. The summed E-state index contributed by atoms with van der Waals surface area (Å²) in [6.07, 6.45) is 0.713. The average Bonchev–Trinajstić information content (AvgIpc) is 3.23. The number of benzene rings is 2. The molecule has 0 spiro atoms. The Kier molecular flexibility index (Phi) is 10.3. The van der Waals surface area contributed by atoms with Gasteiger partial charge in [0.15, 0.2) is 5.79 Å². The van der Waals surface area contributed by atoms with Crippen LogP contribution in [0.4, 0.5) is 5.69 Å². The average molecular weight is 492 g/mol. The summed E-state index contributed by atoms with van der Waals surface area (Å²) in [6.45, 7) is 4.12. The van der Waals surface area contributed by atoms with Gasteiger partial charge in [-0.3, -0.25) is 9.59 Å². The van der Waals surface area contributed by atoms with E-state index < -0.39 is 5.79 Å². The summed E-state index contributed by atoms with van der Waals surface area (Å²) in [7, 11) is 3.92. The number of rotatable bonds is 7. The molecule has 0 bridgehead atoms. The van der Waals surface area contributed by atoms with Crippen LogP contribution in [0.3, 0.4) is 0 Å². The zero-order chi connectivity index (χ0) is 25.3. The molecule has 4 N–H and O–H groups in total. The van der Waals surface area contributed by atoms with Gasteiger partial charge in [-0.25, -0.2) is 0 Å². The van der Waals surface area contributed by atoms with Crippen LogP contribution in [-0.2, 0) is 4.74 Å². The second-order valence-electron chi connectivity index (χ2n) is 8.89. The molecular formula is C25H34ClN3O5. The Hall–Kier alpha value is -2.65. The molecule has 2 unspecified atom stereocenters.